The van der Waals surface area contributed by atoms with E-state index in [1.807, 2.05) is 37.3 Å². The lowest BCUT2D eigenvalue weighted by molar-refractivity contribution is -0.149. The minimum atomic E-state index is -1.27. The zero-order valence-corrected chi connectivity index (χ0v) is 21.3. The molecule has 2 N–H and O–H groups in total. The van der Waals surface area contributed by atoms with Gasteiger partial charge in [0.15, 0.2) is 0 Å². The Labute approximate surface area is 212 Å². The Hall–Kier alpha value is -3.55. The summed E-state index contributed by atoms with van der Waals surface area (Å²) >= 11 is 0. The molecule has 2 aromatic carbocycles. The summed E-state index contributed by atoms with van der Waals surface area (Å²) in [5, 5.41) is 12.6. The van der Waals surface area contributed by atoms with Crippen LogP contribution in [0.3, 0.4) is 0 Å². The zero-order chi connectivity index (χ0) is 26.1. The average Bonchev–Trinajstić information content (AvgIpc) is 2.89. The molecule has 194 valence electrons. The number of methoxy groups -OCH3 is 2. The summed E-state index contributed by atoms with van der Waals surface area (Å²) in [6.07, 6.45) is 4.61. The third kappa shape index (κ3) is 6.56. The van der Waals surface area contributed by atoms with Crippen molar-refractivity contribution in [2.75, 3.05) is 27.3 Å². The maximum absolute atomic E-state index is 13.6. The van der Waals surface area contributed by atoms with Crippen molar-refractivity contribution < 1.29 is 29.0 Å². The number of carboxylic acids is 1. The lowest BCUT2D eigenvalue weighted by atomic mass is 9.81. The molecule has 1 aliphatic carbocycles. The van der Waals surface area contributed by atoms with E-state index >= 15 is 0 Å². The molecule has 2 amide bonds. The van der Waals surface area contributed by atoms with Crippen LogP contribution < -0.4 is 14.8 Å². The highest BCUT2D eigenvalue weighted by molar-refractivity contribution is 5.98. The van der Waals surface area contributed by atoms with Crippen LogP contribution in [0.25, 0.3) is 0 Å². The number of ether oxygens (including phenoxy) is 2. The van der Waals surface area contributed by atoms with Gasteiger partial charge in [0.2, 0.25) is 5.91 Å². The number of aryl methyl sites for hydroxylation is 1. The monoisotopic (exact) mass is 496 g/mol. The van der Waals surface area contributed by atoms with Crippen molar-refractivity contribution in [3.05, 3.63) is 59.2 Å². The summed E-state index contributed by atoms with van der Waals surface area (Å²) in [5.41, 5.74) is 0.975. The average molecular weight is 497 g/mol. The van der Waals surface area contributed by atoms with E-state index < -0.39 is 17.4 Å². The summed E-state index contributed by atoms with van der Waals surface area (Å²) < 4.78 is 10.8. The summed E-state index contributed by atoms with van der Waals surface area (Å²) in [6.45, 7) is 1.94. The Morgan fingerprint density at radius 3 is 2.17 bits per heavy atom. The number of rotatable bonds is 11. The van der Waals surface area contributed by atoms with Gasteiger partial charge in [-0.05, 0) is 50.3 Å². The maximum Gasteiger partial charge on any atom is 0.329 e. The fourth-order valence-electron chi connectivity index (χ4n) is 4.79. The maximum atomic E-state index is 13.6. The van der Waals surface area contributed by atoms with E-state index in [1.165, 1.54) is 19.1 Å². The van der Waals surface area contributed by atoms with Gasteiger partial charge in [-0.2, -0.15) is 0 Å². The molecular weight excluding hydrogens is 460 g/mol. The molecule has 3 rings (SSSR count). The van der Waals surface area contributed by atoms with Crippen LogP contribution in [-0.2, 0) is 16.0 Å². The minimum absolute atomic E-state index is 0.235. The van der Waals surface area contributed by atoms with E-state index in [2.05, 4.69) is 5.32 Å². The summed E-state index contributed by atoms with van der Waals surface area (Å²) in [5.74, 6) is -0.816. The molecule has 2 aromatic rings. The second-order valence-electron chi connectivity index (χ2n) is 9.32. The Morgan fingerprint density at radius 1 is 1.00 bits per heavy atom. The van der Waals surface area contributed by atoms with Gasteiger partial charge in [0.1, 0.15) is 17.0 Å². The lowest BCUT2D eigenvalue weighted by Gasteiger charge is -2.34. The molecule has 1 aliphatic rings. The molecule has 36 heavy (non-hydrogen) atoms. The van der Waals surface area contributed by atoms with Crippen LogP contribution in [0.2, 0.25) is 0 Å². The van der Waals surface area contributed by atoms with E-state index in [1.54, 1.807) is 12.1 Å². The molecule has 0 atom stereocenters. The highest BCUT2D eigenvalue weighted by atomic mass is 16.5. The standard InChI is InChI=1S/C28H36N2O6/c1-20-23(35-2)17-22(18-24(20)36-3)26(32)30(16-10-13-21-11-6-4-7-12-21)19-25(31)29-28(27(33)34)14-8-5-9-15-28/h4,6-7,11-12,17-18H,5,8-10,13-16,19H2,1-3H3,(H,29,31)(H,33,34). The fraction of sp³-hybridized carbons (Fsp3) is 0.464. The second kappa shape index (κ2) is 12.4. The highest BCUT2D eigenvalue weighted by Gasteiger charge is 2.41. The quantitative estimate of drug-likeness (QED) is 0.487. The number of carbonyl (C=O) groups excluding carboxylic acids is 2. The number of nitrogens with one attached hydrogen (secondary N) is 1. The van der Waals surface area contributed by atoms with Crippen molar-refractivity contribution in [3.63, 3.8) is 0 Å². The van der Waals surface area contributed by atoms with Gasteiger partial charge in [-0.15, -0.1) is 0 Å². The summed E-state index contributed by atoms with van der Waals surface area (Å²) in [4.78, 5) is 40.2. The number of carboxylic acid groups (broad SMARTS) is 1. The molecule has 0 spiro atoms. The van der Waals surface area contributed by atoms with Crippen molar-refractivity contribution in [1.29, 1.82) is 0 Å². The number of nitrogens with zero attached hydrogens (tertiary/aromatic N) is 1. The van der Waals surface area contributed by atoms with Crippen LogP contribution in [0.15, 0.2) is 42.5 Å². The van der Waals surface area contributed by atoms with Crippen LogP contribution in [0.1, 0.15) is 60.0 Å². The van der Waals surface area contributed by atoms with Crippen LogP contribution >= 0.6 is 0 Å². The van der Waals surface area contributed by atoms with Gasteiger partial charge in [0, 0.05) is 17.7 Å². The van der Waals surface area contributed by atoms with E-state index in [9.17, 15) is 19.5 Å². The van der Waals surface area contributed by atoms with Gasteiger partial charge in [0.25, 0.3) is 5.91 Å². The molecular formula is C28H36N2O6. The number of amides is 2. The molecule has 0 saturated heterocycles. The summed E-state index contributed by atoms with van der Waals surface area (Å²) in [7, 11) is 3.05. The van der Waals surface area contributed by atoms with Crippen molar-refractivity contribution >= 4 is 17.8 Å². The van der Waals surface area contributed by atoms with Crippen LogP contribution in [0.4, 0.5) is 0 Å². The fourth-order valence-corrected chi connectivity index (χ4v) is 4.79. The van der Waals surface area contributed by atoms with Crippen LogP contribution in [0, 0.1) is 6.92 Å². The van der Waals surface area contributed by atoms with Crippen LogP contribution in [0.5, 0.6) is 11.5 Å². The van der Waals surface area contributed by atoms with Crippen molar-refractivity contribution in [2.45, 2.75) is 57.4 Å². The van der Waals surface area contributed by atoms with Crippen LogP contribution in [-0.4, -0.2) is 60.6 Å². The molecule has 0 unspecified atom stereocenters. The number of carbonyl (C=O) groups is 3. The van der Waals surface area contributed by atoms with Gasteiger partial charge < -0.3 is 24.8 Å². The third-order valence-electron chi connectivity index (χ3n) is 6.85. The molecule has 8 heteroatoms. The zero-order valence-electron chi connectivity index (χ0n) is 21.3. The van der Waals surface area contributed by atoms with Gasteiger partial charge >= 0.3 is 5.97 Å². The first-order chi connectivity index (χ1) is 17.3. The SMILES string of the molecule is COc1cc(C(=O)N(CCCc2ccccc2)CC(=O)NC2(C(=O)O)CCCCC2)cc(OC)c1C. The molecule has 0 aliphatic heterocycles. The van der Waals surface area contributed by atoms with E-state index in [0.29, 0.717) is 42.9 Å². The molecule has 1 saturated carbocycles. The smallest absolute Gasteiger partial charge is 0.329 e. The van der Waals surface area contributed by atoms with E-state index in [-0.39, 0.29) is 12.5 Å². The number of benzene rings is 2. The van der Waals surface area contributed by atoms with Crippen molar-refractivity contribution in [1.82, 2.24) is 10.2 Å². The topological polar surface area (TPSA) is 105 Å². The molecule has 0 bridgehead atoms. The van der Waals surface area contributed by atoms with Crippen molar-refractivity contribution in [3.8, 4) is 11.5 Å². The first-order valence-electron chi connectivity index (χ1n) is 12.4. The van der Waals surface area contributed by atoms with Gasteiger partial charge in [-0.3, -0.25) is 9.59 Å². The number of hydrogen-bond donors (Lipinski definition) is 2. The van der Waals surface area contributed by atoms with Gasteiger partial charge in [0.05, 0.1) is 20.8 Å². The van der Waals surface area contributed by atoms with E-state index in [0.717, 1.165) is 36.8 Å². The van der Waals surface area contributed by atoms with E-state index in [4.69, 9.17) is 9.47 Å². The number of hydrogen-bond acceptors (Lipinski definition) is 5. The van der Waals surface area contributed by atoms with Crippen molar-refractivity contribution in [2.24, 2.45) is 0 Å². The summed E-state index contributed by atoms with van der Waals surface area (Å²) in [6, 6.07) is 13.2. The molecule has 0 radical (unpaired) electrons. The normalized spacial score (nSPS) is 14.5. The number of aliphatic carboxylic acids is 1. The first kappa shape index (κ1) is 27.0. The highest BCUT2D eigenvalue weighted by Crippen LogP contribution is 2.31. The third-order valence-corrected chi connectivity index (χ3v) is 6.85. The molecule has 0 heterocycles. The molecule has 0 aromatic heterocycles. The predicted molar refractivity (Wildman–Crippen MR) is 137 cm³/mol. The Morgan fingerprint density at radius 2 is 1.61 bits per heavy atom. The predicted octanol–water partition coefficient (Wildman–Crippen LogP) is 3.99. The Bertz CT molecular complexity index is 1040. The Kier molecular flexibility index (Phi) is 9.33. The second-order valence-corrected chi connectivity index (χ2v) is 9.32. The Balaban J connectivity index is 1.81. The van der Waals surface area contributed by atoms with Gasteiger partial charge in [-0.1, -0.05) is 49.6 Å². The van der Waals surface area contributed by atoms with Gasteiger partial charge in [-0.25, -0.2) is 4.79 Å². The molecule has 1 fully saturated rings. The largest absolute Gasteiger partial charge is 0.496 e. The minimum Gasteiger partial charge on any atom is -0.496 e. The molecule has 8 nitrogen and oxygen atoms in total. The first-order valence-corrected chi connectivity index (χ1v) is 12.4. The lowest BCUT2D eigenvalue weighted by Crippen LogP contribution is -2.57.